The van der Waals surface area contributed by atoms with Crippen molar-refractivity contribution in [3.8, 4) is 0 Å². The second-order valence-corrected chi connectivity index (χ2v) is 1.86. The highest BCUT2D eigenvalue weighted by Gasteiger charge is 1.89. The van der Waals surface area contributed by atoms with Crippen LogP contribution in [0.5, 0.6) is 0 Å². The Hall–Kier alpha value is -0.710. The van der Waals surface area contributed by atoms with Gasteiger partial charge in [0.1, 0.15) is 6.33 Å². The molecule has 1 rings (SSSR count). The van der Waals surface area contributed by atoms with Gasteiger partial charge >= 0.3 is 5.69 Å². The number of aromatic amines is 1. The van der Waals surface area contributed by atoms with E-state index in [0.29, 0.717) is 0 Å². The Morgan fingerprint density at radius 1 is 2.00 bits per heavy atom. The lowest BCUT2D eigenvalue weighted by Gasteiger charge is -1.83. The lowest BCUT2D eigenvalue weighted by atomic mass is 11.3. The topological polar surface area (TPSA) is 50.7 Å². The number of nitrogens with zero attached hydrogens (tertiary/aromatic N) is 2. The van der Waals surface area contributed by atoms with Gasteiger partial charge in [-0.3, -0.25) is 4.98 Å². The Kier molecular flexibility index (Phi) is 1.38. The molecule has 44 valence electrons. The van der Waals surface area contributed by atoms with E-state index in [9.17, 15) is 4.79 Å². The van der Waals surface area contributed by atoms with Crippen LogP contribution in [0.15, 0.2) is 11.1 Å². The van der Waals surface area contributed by atoms with Gasteiger partial charge in [0.2, 0.25) is 0 Å². The molecule has 0 unspecified atom stereocenters. The smallest absolute Gasteiger partial charge is 0.295 e. The zero-order chi connectivity index (χ0) is 5.98. The number of rotatable bonds is 1. The first kappa shape index (κ1) is 5.43. The molecule has 0 saturated heterocycles. The summed E-state index contributed by atoms with van der Waals surface area (Å²) >= 11 is 1.26. The third kappa shape index (κ3) is 0.764. The van der Waals surface area contributed by atoms with E-state index in [4.69, 9.17) is 0 Å². The Morgan fingerprint density at radius 2 is 2.75 bits per heavy atom. The van der Waals surface area contributed by atoms with Gasteiger partial charge in [0.25, 0.3) is 0 Å². The first-order valence-corrected chi connectivity index (χ1v) is 3.20. The molecule has 8 heavy (non-hydrogen) atoms. The maximum Gasteiger partial charge on any atom is 0.353 e. The summed E-state index contributed by atoms with van der Waals surface area (Å²) in [6.45, 7) is 0. The Labute approximate surface area is 50.0 Å². The van der Waals surface area contributed by atoms with Crippen molar-refractivity contribution in [3.63, 3.8) is 0 Å². The number of hydrogen-bond acceptors (Lipinski definition) is 3. The molecule has 0 aliphatic carbocycles. The summed E-state index contributed by atoms with van der Waals surface area (Å²) in [5, 5.41) is 3.65. The summed E-state index contributed by atoms with van der Waals surface area (Å²) in [4.78, 5) is 12.9. The molecule has 1 aromatic rings. The highest BCUT2D eigenvalue weighted by molar-refractivity contribution is 7.96. The first-order chi connectivity index (χ1) is 3.84. The minimum absolute atomic E-state index is 0.183. The lowest BCUT2D eigenvalue weighted by Crippen LogP contribution is -2.11. The van der Waals surface area contributed by atoms with Crippen LogP contribution in [0.2, 0.25) is 0 Å². The molecule has 4 nitrogen and oxygen atoms in total. The summed E-state index contributed by atoms with van der Waals surface area (Å²) in [6.07, 6.45) is 3.14. The van der Waals surface area contributed by atoms with Gasteiger partial charge in [0, 0.05) is 6.26 Å². The van der Waals surface area contributed by atoms with Crippen molar-refractivity contribution in [2.45, 2.75) is 0 Å². The summed E-state index contributed by atoms with van der Waals surface area (Å²) in [5.74, 6) is 0. The molecule has 5 heteroatoms. The van der Waals surface area contributed by atoms with E-state index in [0.717, 1.165) is 0 Å². The van der Waals surface area contributed by atoms with Crippen molar-refractivity contribution in [1.82, 2.24) is 14.2 Å². The maximum atomic E-state index is 10.5. The van der Waals surface area contributed by atoms with Crippen LogP contribution in [0, 0.1) is 0 Å². The van der Waals surface area contributed by atoms with Crippen LogP contribution in [0.25, 0.3) is 0 Å². The van der Waals surface area contributed by atoms with Crippen LogP contribution in [0.1, 0.15) is 0 Å². The fourth-order valence-corrected chi connectivity index (χ4v) is 0.734. The molecule has 0 aliphatic rings. The van der Waals surface area contributed by atoms with Gasteiger partial charge in [0.15, 0.2) is 0 Å². The average Bonchev–Trinajstić information content (AvgIpc) is 2.14. The van der Waals surface area contributed by atoms with E-state index in [1.165, 1.54) is 22.4 Å². The van der Waals surface area contributed by atoms with Gasteiger partial charge in [-0.05, 0) is 11.9 Å². The van der Waals surface area contributed by atoms with E-state index < -0.39 is 0 Å². The molecule has 1 heterocycles. The predicted molar refractivity (Wildman–Crippen MR) is 31.8 cm³/mol. The zero-order valence-electron chi connectivity index (χ0n) is 4.29. The second-order valence-electron chi connectivity index (χ2n) is 1.15. The largest absolute Gasteiger partial charge is 0.353 e. The van der Waals surface area contributed by atoms with Gasteiger partial charge < -0.3 is 0 Å². The minimum Gasteiger partial charge on any atom is -0.295 e. The Balaban J connectivity index is 3.11. The highest BCUT2D eigenvalue weighted by atomic mass is 32.2. The van der Waals surface area contributed by atoms with Crippen LogP contribution in [-0.4, -0.2) is 20.4 Å². The molecule has 0 bridgehead atoms. The molecule has 0 spiro atoms. The third-order valence-corrected chi connectivity index (χ3v) is 1.30. The summed E-state index contributed by atoms with van der Waals surface area (Å²) in [7, 11) is 0. The molecule has 0 aliphatic heterocycles. The van der Waals surface area contributed by atoms with Crippen LogP contribution < -0.4 is 5.69 Å². The van der Waals surface area contributed by atoms with Crippen molar-refractivity contribution < 1.29 is 0 Å². The van der Waals surface area contributed by atoms with E-state index in [1.807, 2.05) is 0 Å². The van der Waals surface area contributed by atoms with Gasteiger partial charge in [-0.1, -0.05) is 0 Å². The van der Waals surface area contributed by atoms with Crippen molar-refractivity contribution in [2.24, 2.45) is 0 Å². The molecule has 0 atom stereocenters. The first-order valence-electron chi connectivity index (χ1n) is 2.02. The normalized spacial score (nSPS) is 9.62. The van der Waals surface area contributed by atoms with Crippen molar-refractivity contribution in [2.75, 3.05) is 6.26 Å². The molecular formula is C3H5N3OS. The summed E-state index contributed by atoms with van der Waals surface area (Å²) in [5.41, 5.74) is -0.183. The molecule has 0 radical (unpaired) electrons. The molecule has 0 aromatic carbocycles. The van der Waals surface area contributed by atoms with E-state index >= 15 is 0 Å². The van der Waals surface area contributed by atoms with Crippen molar-refractivity contribution in [3.05, 3.63) is 16.8 Å². The fraction of sp³-hybridized carbons (Fsp3) is 0.333. The lowest BCUT2D eigenvalue weighted by molar-refractivity contribution is 0.971. The summed E-state index contributed by atoms with van der Waals surface area (Å²) in [6, 6.07) is 0. The molecule has 0 saturated carbocycles. The van der Waals surface area contributed by atoms with E-state index in [1.54, 1.807) is 6.26 Å². The third-order valence-electron chi connectivity index (χ3n) is 0.697. The molecule has 0 fully saturated rings. The molecule has 1 aromatic heterocycles. The average molecular weight is 131 g/mol. The highest BCUT2D eigenvalue weighted by Crippen LogP contribution is 1.86. The van der Waals surface area contributed by atoms with Gasteiger partial charge in [-0.2, -0.15) is 4.09 Å². The SMILES string of the molecule is CSn1nc[nH]c1=O. The maximum absolute atomic E-state index is 10.5. The van der Waals surface area contributed by atoms with Crippen LogP contribution in [-0.2, 0) is 0 Å². The molecular weight excluding hydrogens is 126 g/mol. The predicted octanol–water partition coefficient (Wildman–Crippen LogP) is -0.302. The van der Waals surface area contributed by atoms with Crippen LogP contribution in [0.3, 0.4) is 0 Å². The van der Waals surface area contributed by atoms with Crippen LogP contribution in [0.4, 0.5) is 0 Å². The Bertz CT molecular complexity index is 214. The van der Waals surface area contributed by atoms with Crippen LogP contribution >= 0.6 is 11.9 Å². The second kappa shape index (κ2) is 2.04. The standard InChI is InChI=1S/C3H5N3OS/c1-8-6-3(7)4-2-5-6/h2H,1H3,(H,4,5,7). The molecule has 1 N–H and O–H groups in total. The number of hydrogen-bond donors (Lipinski definition) is 1. The van der Waals surface area contributed by atoms with Crippen molar-refractivity contribution in [1.29, 1.82) is 0 Å². The minimum atomic E-state index is -0.183. The number of nitrogens with one attached hydrogen (secondary N) is 1. The monoisotopic (exact) mass is 131 g/mol. The Morgan fingerprint density at radius 3 is 3.00 bits per heavy atom. The van der Waals surface area contributed by atoms with E-state index in [-0.39, 0.29) is 5.69 Å². The van der Waals surface area contributed by atoms with E-state index in [2.05, 4.69) is 10.1 Å². The zero-order valence-corrected chi connectivity index (χ0v) is 5.10. The van der Waals surface area contributed by atoms with Gasteiger partial charge in [-0.15, -0.1) is 5.10 Å². The number of aromatic nitrogens is 3. The van der Waals surface area contributed by atoms with Crippen molar-refractivity contribution >= 4 is 11.9 Å². The molecule has 0 amide bonds. The van der Waals surface area contributed by atoms with Gasteiger partial charge in [0.05, 0.1) is 0 Å². The number of H-pyrrole nitrogens is 1. The fourth-order valence-electron chi connectivity index (χ4n) is 0.374. The quantitative estimate of drug-likeness (QED) is 0.569. The van der Waals surface area contributed by atoms with Gasteiger partial charge in [-0.25, -0.2) is 4.79 Å². The summed E-state index contributed by atoms with van der Waals surface area (Å²) < 4.78 is 1.26.